The summed E-state index contributed by atoms with van der Waals surface area (Å²) in [5, 5.41) is 17.3. The molecule has 2 aromatic carbocycles. The predicted molar refractivity (Wildman–Crippen MR) is 70.3 cm³/mol. The molecule has 0 spiro atoms. The SMILES string of the molecule is COc1cccc(Oc2ccc(OB(O)O)cc2)c1F. The highest BCUT2D eigenvalue weighted by Gasteiger charge is 2.12. The van der Waals surface area contributed by atoms with Gasteiger partial charge in [0.15, 0.2) is 11.5 Å². The first-order valence-corrected chi connectivity index (χ1v) is 5.73. The van der Waals surface area contributed by atoms with Crippen molar-refractivity contribution in [2.24, 2.45) is 0 Å². The van der Waals surface area contributed by atoms with E-state index in [0.29, 0.717) is 5.75 Å². The fourth-order valence-electron chi connectivity index (χ4n) is 1.56. The van der Waals surface area contributed by atoms with Crippen molar-refractivity contribution < 1.29 is 28.6 Å². The lowest BCUT2D eigenvalue weighted by molar-refractivity contribution is 0.288. The quantitative estimate of drug-likeness (QED) is 0.818. The molecule has 0 heterocycles. The number of hydrogen-bond acceptors (Lipinski definition) is 5. The van der Waals surface area contributed by atoms with Gasteiger partial charge in [-0.1, -0.05) is 6.07 Å². The van der Waals surface area contributed by atoms with Crippen LogP contribution in [-0.2, 0) is 0 Å². The maximum absolute atomic E-state index is 13.9. The highest BCUT2D eigenvalue weighted by molar-refractivity contribution is 6.33. The van der Waals surface area contributed by atoms with Gasteiger partial charge in [-0.3, -0.25) is 0 Å². The molecule has 5 nitrogen and oxygen atoms in total. The summed E-state index contributed by atoms with van der Waals surface area (Å²) < 4.78 is 28.7. The fourth-order valence-corrected chi connectivity index (χ4v) is 1.56. The van der Waals surface area contributed by atoms with E-state index < -0.39 is 13.1 Å². The molecule has 20 heavy (non-hydrogen) atoms. The molecular formula is C13H12BFO5. The average Bonchev–Trinajstić information content (AvgIpc) is 2.43. The number of ether oxygens (including phenoxy) is 2. The molecule has 0 aliphatic heterocycles. The van der Waals surface area contributed by atoms with E-state index in [4.69, 9.17) is 19.5 Å². The molecule has 0 bridgehead atoms. The third kappa shape index (κ3) is 3.40. The molecule has 7 heteroatoms. The molecule has 0 saturated heterocycles. The minimum absolute atomic E-state index is 0.0280. The lowest BCUT2D eigenvalue weighted by Gasteiger charge is -2.10. The zero-order chi connectivity index (χ0) is 14.5. The van der Waals surface area contributed by atoms with Gasteiger partial charge in [0.2, 0.25) is 5.82 Å². The zero-order valence-electron chi connectivity index (χ0n) is 10.6. The van der Waals surface area contributed by atoms with Crippen LogP contribution in [0, 0.1) is 5.82 Å². The Morgan fingerprint density at radius 1 is 0.950 bits per heavy atom. The van der Waals surface area contributed by atoms with Crippen LogP contribution in [0.4, 0.5) is 4.39 Å². The van der Waals surface area contributed by atoms with Gasteiger partial charge in [0.1, 0.15) is 11.5 Å². The van der Waals surface area contributed by atoms with Gasteiger partial charge in [0, 0.05) is 0 Å². The molecule has 104 valence electrons. The van der Waals surface area contributed by atoms with Crippen LogP contribution in [0.3, 0.4) is 0 Å². The first-order valence-electron chi connectivity index (χ1n) is 5.73. The number of methoxy groups -OCH3 is 1. The van der Waals surface area contributed by atoms with Crippen LogP contribution in [0.25, 0.3) is 0 Å². The van der Waals surface area contributed by atoms with Crippen LogP contribution in [0.1, 0.15) is 0 Å². The van der Waals surface area contributed by atoms with Crippen LogP contribution < -0.4 is 14.1 Å². The molecule has 2 aromatic rings. The Morgan fingerprint density at radius 3 is 2.15 bits per heavy atom. The predicted octanol–water partition coefficient (Wildman–Crippen LogP) is 1.97. The van der Waals surface area contributed by atoms with Crippen LogP contribution >= 0.6 is 0 Å². The number of rotatable bonds is 5. The summed E-state index contributed by atoms with van der Waals surface area (Å²) in [6, 6.07) is 10.5. The van der Waals surface area contributed by atoms with Gasteiger partial charge in [0.25, 0.3) is 0 Å². The molecular weight excluding hydrogens is 266 g/mol. The largest absolute Gasteiger partial charge is 0.707 e. The van der Waals surface area contributed by atoms with Crippen molar-refractivity contribution in [2.45, 2.75) is 0 Å². The highest BCUT2D eigenvalue weighted by Crippen LogP contribution is 2.30. The second kappa shape index (κ2) is 6.27. The van der Waals surface area contributed by atoms with Crippen molar-refractivity contribution in [3.05, 3.63) is 48.3 Å². The van der Waals surface area contributed by atoms with Gasteiger partial charge in [-0.25, -0.2) is 0 Å². The maximum atomic E-state index is 13.9. The summed E-state index contributed by atoms with van der Waals surface area (Å²) in [7, 11) is -0.522. The smallest absolute Gasteiger partial charge is 0.512 e. The van der Waals surface area contributed by atoms with E-state index in [9.17, 15) is 4.39 Å². The summed E-state index contributed by atoms with van der Waals surface area (Å²) in [6.07, 6.45) is 0. The standard InChI is InChI=1S/C13H12BFO5/c1-18-11-3-2-4-12(13(11)15)19-9-5-7-10(8-6-9)20-14(16)17/h2-8,16-17H,1H3. The van der Waals surface area contributed by atoms with Crippen LogP contribution in [0.5, 0.6) is 23.0 Å². The molecule has 0 aliphatic carbocycles. The summed E-state index contributed by atoms with van der Waals surface area (Å²) in [4.78, 5) is 0. The fraction of sp³-hybridized carbons (Fsp3) is 0.0769. The second-order valence-corrected chi connectivity index (χ2v) is 3.79. The van der Waals surface area contributed by atoms with E-state index in [2.05, 4.69) is 4.65 Å². The van der Waals surface area contributed by atoms with E-state index in [-0.39, 0.29) is 17.2 Å². The number of hydrogen-bond donors (Lipinski definition) is 2. The van der Waals surface area contributed by atoms with Crippen molar-refractivity contribution in [1.82, 2.24) is 0 Å². The van der Waals surface area contributed by atoms with E-state index in [1.54, 1.807) is 6.07 Å². The normalized spacial score (nSPS) is 10.0. The molecule has 2 rings (SSSR count). The van der Waals surface area contributed by atoms with E-state index in [1.165, 1.54) is 43.5 Å². The molecule has 0 atom stereocenters. The Balaban J connectivity index is 2.14. The van der Waals surface area contributed by atoms with Gasteiger partial charge < -0.3 is 24.2 Å². The van der Waals surface area contributed by atoms with Crippen molar-refractivity contribution in [3.8, 4) is 23.0 Å². The molecule has 0 saturated carbocycles. The Labute approximate surface area is 115 Å². The van der Waals surface area contributed by atoms with Crippen molar-refractivity contribution in [3.63, 3.8) is 0 Å². The van der Waals surface area contributed by atoms with Crippen LogP contribution in [0.15, 0.2) is 42.5 Å². The van der Waals surface area contributed by atoms with Crippen LogP contribution in [0.2, 0.25) is 0 Å². The molecule has 2 N–H and O–H groups in total. The number of benzene rings is 2. The summed E-state index contributed by atoms with van der Waals surface area (Å²) in [5.41, 5.74) is 0. The summed E-state index contributed by atoms with van der Waals surface area (Å²) in [5.74, 6) is 0.141. The minimum Gasteiger partial charge on any atom is -0.512 e. The Hall–Kier alpha value is -2.25. The lowest BCUT2D eigenvalue weighted by atomic mass is 10.2. The van der Waals surface area contributed by atoms with Crippen LogP contribution in [-0.4, -0.2) is 24.5 Å². The monoisotopic (exact) mass is 278 g/mol. The van der Waals surface area contributed by atoms with Gasteiger partial charge in [-0.15, -0.1) is 0 Å². The molecule has 0 aliphatic rings. The first-order chi connectivity index (χ1) is 9.60. The van der Waals surface area contributed by atoms with Gasteiger partial charge in [0.05, 0.1) is 7.11 Å². The molecule has 0 radical (unpaired) electrons. The minimum atomic E-state index is -1.89. The maximum Gasteiger partial charge on any atom is 0.707 e. The summed E-state index contributed by atoms with van der Waals surface area (Å²) in [6.45, 7) is 0. The second-order valence-electron chi connectivity index (χ2n) is 3.79. The molecule has 0 amide bonds. The van der Waals surface area contributed by atoms with E-state index in [1.807, 2.05) is 0 Å². The Kier molecular flexibility index (Phi) is 4.44. The average molecular weight is 278 g/mol. The van der Waals surface area contributed by atoms with Gasteiger partial charge in [-0.2, -0.15) is 4.39 Å². The Bertz CT molecular complexity index is 573. The van der Waals surface area contributed by atoms with E-state index in [0.717, 1.165) is 0 Å². The van der Waals surface area contributed by atoms with Crippen molar-refractivity contribution in [2.75, 3.05) is 7.11 Å². The van der Waals surface area contributed by atoms with Crippen molar-refractivity contribution >= 4 is 7.32 Å². The zero-order valence-corrected chi connectivity index (χ0v) is 10.6. The van der Waals surface area contributed by atoms with Gasteiger partial charge in [-0.05, 0) is 36.4 Å². The third-order valence-corrected chi connectivity index (χ3v) is 2.44. The number of halogens is 1. The molecule has 0 fully saturated rings. The topological polar surface area (TPSA) is 68.2 Å². The van der Waals surface area contributed by atoms with Crippen molar-refractivity contribution in [1.29, 1.82) is 0 Å². The van der Waals surface area contributed by atoms with E-state index >= 15 is 0 Å². The summed E-state index contributed by atoms with van der Waals surface area (Å²) >= 11 is 0. The van der Waals surface area contributed by atoms with Gasteiger partial charge >= 0.3 is 7.32 Å². The third-order valence-electron chi connectivity index (χ3n) is 2.44. The lowest BCUT2D eigenvalue weighted by Crippen LogP contribution is -2.20. The molecule has 0 unspecified atom stereocenters. The highest BCUT2D eigenvalue weighted by atomic mass is 19.1. The first kappa shape index (κ1) is 14.2. The Morgan fingerprint density at radius 2 is 1.55 bits per heavy atom. The molecule has 0 aromatic heterocycles.